The lowest BCUT2D eigenvalue weighted by atomic mass is 10.1. The van der Waals surface area contributed by atoms with Crippen molar-refractivity contribution in [2.45, 2.75) is 19.4 Å². The number of amides is 1. The summed E-state index contributed by atoms with van der Waals surface area (Å²) < 4.78 is 0. The van der Waals surface area contributed by atoms with Crippen molar-refractivity contribution in [2.24, 2.45) is 10.7 Å². The average Bonchev–Trinajstić information content (AvgIpc) is 2.94. The molecule has 0 aromatic heterocycles. The Labute approximate surface area is 113 Å². The number of primary amides is 1. The minimum atomic E-state index is -0.396. The van der Waals surface area contributed by atoms with Crippen LogP contribution in [0.5, 0.6) is 0 Å². The summed E-state index contributed by atoms with van der Waals surface area (Å²) in [6.07, 6.45) is 2.46. The predicted molar refractivity (Wildman–Crippen MR) is 76.0 cm³/mol. The van der Waals surface area contributed by atoms with Gasteiger partial charge in [-0.2, -0.15) is 0 Å². The SMILES string of the molecule is CN=C(NCc1ccc(C(N)=O)cc1)N1CCCC1. The summed E-state index contributed by atoms with van der Waals surface area (Å²) in [7, 11) is 1.80. The monoisotopic (exact) mass is 260 g/mol. The summed E-state index contributed by atoms with van der Waals surface area (Å²) in [4.78, 5) is 17.5. The van der Waals surface area contributed by atoms with Crippen LogP contribution in [0.4, 0.5) is 0 Å². The van der Waals surface area contributed by atoms with Gasteiger partial charge >= 0.3 is 0 Å². The molecule has 1 aliphatic rings. The van der Waals surface area contributed by atoms with E-state index < -0.39 is 5.91 Å². The van der Waals surface area contributed by atoms with Crippen molar-refractivity contribution < 1.29 is 4.79 Å². The largest absolute Gasteiger partial charge is 0.366 e. The molecule has 0 saturated carbocycles. The fourth-order valence-corrected chi connectivity index (χ4v) is 2.23. The lowest BCUT2D eigenvalue weighted by Gasteiger charge is -2.20. The van der Waals surface area contributed by atoms with E-state index in [0.29, 0.717) is 12.1 Å². The van der Waals surface area contributed by atoms with Gasteiger partial charge in [0.2, 0.25) is 5.91 Å². The van der Waals surface area contributed by atoms with E-state index in [1.807, 2.05) is 12.1 Å². The molecule has 0 unspecified atom stereocenters. The van der Waals surface area contributed by atoms with Crippen molar-refractivity contribution in [1.82, 2.24) is 10.2 Å². The Bertz CT molecular complexity index is 461. The van der Waals surface area contributed by atoms with Gasteiger partial charge in [0.15, 0.2) is 5.96 Å². The van der Waals surface area contributed by atoms with Gasteiger partial charge < -0.3 is 16.0 Å². The zero-order chi connectivity index (χ0) is 13.7. The first-order valence-electron chi connectivity index (χ1n) is 6.55. The van der Waals surface area contributed by atoms with Gasteiger partial charge in [0.25, 0.3) is 0 Å². The van der Waals surface area contributed by atoms with Gasteiger partial charge in [-0.3, -0.25) is 9.79 Å². The first-order valence-corrected chi connectivity index (χ1v) is 6.55. The first kappa shape index (κ1) is 13.4. The van der Waals surface area contributed by atoms with E-state index in [1.165, 1.54) is 12.8 Å². The summed E-state index contributed by atoms with van der Waals surface area (Å²) in [6, 6.07) is 7.31. The Hall–Kier alpha value is -2.04. The van der Waals surface area contributed by atoms with Crippen LogP contribution >= 0.6 is 0 Å². The van der Waals surface area contributed by atoms with Gasteiger partial charge in [0.05, 0.1) is 0 Å². The van der Waals surface area contributed by atoms with E-state index in [1.54, 1.807) is 19.2 Å². The van der Waals surface area contributed by atoms with Gasteiger partial charge in [-0.25, -0.2) is 0 Å². The number of carbonyl (C=O) groups is 1. The highest BCUT2D eigenvalue weighted by atomic mass is 16.1. The number of benzene rings is 1. The molecule has 3 N–H and O–H groups in total. The number of nitrogens with two attached hydrogens (primary N) is 1. The number of carbonyl (C=O) groups excluding carboxylic acids is 1. The number of nitrogens with zero attached hydrogens (tertiary/aromatic N) is 2. The maximum Gasteiger partial charge on any atom is 0.248 e. The molecule has 0 atom stereocenters. The number of rotatable bonds is 3. The molecule has 102 valence electrons. The van der Waals surface area contributed by atoms with E-state index in [0.717, 1.165) is 24.6 Å². The van der Waals surface area contributed by atoms with Crippen molar-refractivity contribution in [2.75, 3.05) is 20.1 Å². The lowest BCUT2D eigenvalue weighted by molar-refractivity contribution is 0.100. The van der Waals surface area contributed by atoms with Crippen LogP contribution in [0.2, 0.25) is 0 Å². The van der Waals surface area contributed by atoms with Gasteiger partial charge in [-0.1, -0.05) is 12.1 Å². The van der Waals surface area contributed by atoms with E-state index in [-0.39, 0.29) is 0 Å². The smallest absolute Gasteiger partial charge is 0.248 e. The minimum Gasteiger partial charge on any atom is -0.366 e. The van der Waals surface area contributed by atoms with Crippen LogP contribution in [0, 0.1) is 0 Å². The molecule has 1 aromatic rings. The maximum atomic E-state index is 11.0. The molecule has 1 fully saturated rings. The van der Waals surface area contributed by atoms with Crippen molar-refractivity contribution in [3.63, 3.8) is 0 Å². The topological polar surface area (TPSA) is 70.7 Å². The molecule has 19 heavy (non-hydrogen) atoms. The molecule has 0 aliphatic carbocycles. The normalized spacial score (nSPS) is 15.6. The summed E-state index contributed by atoms with van der Waals surface area (Å²) >= 11 is 0. The summed E-state index contributed by atoms with van der Waals surface area (Å²) in [5, 5.41) is 3.34. The van der Waals surface area contributed by atoms with Crippen molar-refractivity contribution >= 4 is 11.9 Å². The van der Waals surface area contributed by atoms with Gasteiger partial charge in [-0.05, 0) is 30.5 Å². The predicted octanol–water partition coefficient (Wildman–Crippen LogP) is 0.957. The Morgan fingerprint density at radius 1 is 1.32 bits per heavy atom. The van der Waals surface area contributed by atoms with E-state index >= 15 is 0 Å². The Morgan fingerprint density at radius 2 is 1.95 bits per heavy atom. The Kier molecular flexibility index (Phi) is 4.39. The van der Waals surface area contributed by atoms with Crippen LogP contribution in [-0.4, -0.2) is 36.9 Å². The number of guanidine groups is 1. The molecule has 0 spiro atoms. The number of hydrogen-bond donors (Lipinski definition) is 2. The first-order chi connectivity index (χ1) is 9.20. The molecular formula is C14H20N4O. The van der Waals surface area contributed by atoms with E-state index in [9.17, 15) is 4.79 Å². The Morgan fingerprint density at radius 3 is 2.47 bits per heavy atom. The van der Waals surface area contributed by atoms with Crippen LogP contribution < -0.4 is 11.1 Å². The molecule has 0 bridgehead atoms. The highest BCUT2D eigenvalue weighted by Crippen LogP contribution is 2.08. The molecular weight excluding hydrogens is 240 g/mol. The van der Waals surface area contributed by atoms with Crippen LogP contribution in [0.3, 0.4) is 0 Å². The Balaban J connectivity index is 1.92. The molecule has 1 saturated heterocycles. The lowest BCUT2D eigenvalue weighted by Crippen LogP contribution is -2.39. The molecule has 1 aliphatic heterocycles. The van der Waals surface area contributed by atoms with Crippen LogP contribution in [-0.2, 0) is 6.54 Å². The van der Waals surface area contributed by atoms with Crippen LogP contribution in [0.25, 0.3) is 0 Å². The quantitative estimate of drug-likeness (QED) is 0.628. The van der Waals surface area contributed by atoms with E-state index in [2.05, 4.69) is 15.2 Å². The molecule has 1 amide bonds. The number of hydrogen-bond acceptors (Lipinski definition) is 2. The summed E-state index contributed by atoms with van der Waals surface area (Å²) in [5.74, 6) is 0.545. The summed E-state index contributed by atoms with van der Waals surface area (Å²) in [5.41, 5.74) is 6.85. The van der Waals surface area contributed by atoms with Gasteiger partial charge in [0, 0.05) is 32.2 Å². The number of nitrogens with one attached hydrogen (secondary N) is 1. The van der Waals surface area contributed by atoms with Crippen LogP contribution in [0.1, 0.15) is 28.8 Å². The fraction of sp³-hybridized carbons (Fsp3) is 0.429. The average molecular weight is 260 g/mol. The second-order valence-corrected chi connectivity index (χ2v) is 4.66. The maximum absolute atomic E-state index is 11.0. The number of aliphatic imine (C=N–C) groups is 1. The van der Waals surface area contributed by atoms with Gasteiger partial charge in [-0.15, -0.1) is 0 Å². The second kappa shape index (κ2) is 6.22. The molecule has 5 heteroatoms. The fourth-order valence-electron chi connectivity index (χ4n) is 2.23. The zero-order valence-corrected chi connectivity index (χ0v) is 11.2. The highest BCUT2D eigenvalue weighted by Gasteiger charge is 2.15. The third-order valence-corrected chi connectivity index (χ3v) is 3.31. The number of likely N-dealkylation sites (tertiary alicyclic amines) is 1. The van der Waals surface area contributed by atoms with Crippen molar-refractivity contribution in [3.05, 3.63) is 35.4 Å². The summed E-state index contributed by atoms with van der Waals surface area (Å²) in [6.45, 7) is 2.84. The van der Waals surface area contributed by atoms with Crippen molar-refractivity contribution in [3.8, 4) is 0 Å². The highest BCUT2D eigenvalue weighted by molar-refractivity contribution is 5.92. The van der Waals surface area contributed by atoms with Crippen molar-refractivity contribution in [1.29, 1.82) is 0 Å². The minimum absolute atomic E-state index is 0.396. The molecule has 2 rings (SSSR count). The third-order valence-electron chi connectivity index (χ3n) is 3.31. The van der Waals surface area contributed by atoms with Gasteiger partial charge in [0.1, 0.15) is 0 Å². The molecule has 5 nitrogen and oxygen atoms in total. The molecule has 1 aromatic carbocycles. The standard InChI is InChI=1S/C14H20N4O/c1-16-14(18-8-2-3-9-18)17-10-11-4-6-12(7-5-11)13(15)19/h4-7H,2-3,8-10H2,1H3,(H2,15,19)(H,16,17). The second-order valence-electron chi connectivity index (χ2n) is 4.66. The third kappa shape index (κ3) is 3.47. The van der Waals surface area contributed by atoms with Crippen LogP contribution in [0.15, 0.2) is 29.3 Å². The zero-order valence-electron chi connectivity index (χ0n) is 11.2. The molecule has 0 radical (unpaired) electrons. The molecule has 1 heterocycles. The van der Waals surface area contributed by atoms with E-state index in [4.69, 9.17) is 5.73 Å².